The number of aliphatic hydroxyl groups is 1. The van der Waals surface area contributed by atoms with E-state index in [0.29, 0.717) is 17.8 Å². The average molecular weight is 368 g/mol. The molecule has 134 valence electrons. The van der Waals surface area contributed by atoms with Crippen molar-refractivity contribution >= 4 is 17.7 Å². The van der Waals surface area contributed by atoms with E-state index in [1.165, 1.54) is 12.7 Å². The Hall–Kier alpha value is -2.57. The van der Waals surface area contributed by atoms with Crippen LogP contribution in [0.3, 0.4) is 0 Å². The van der Waals surface area contributed by atoms with E-state index in [2.05, 4.69) is 17.1 Å². The second-order valence-electron chi connectivity index (χ2n) is 5.76. The van der Waals surface area contributed by atoms with Gasteiger partial charge in [0.2, 0.25) is 0 Å². The molecule has 0 unspecified atom stereocenters. The van der Waals surface area contributed by atoms with Crippen molar-refractivity contribution in [3.63, 3.8) is 0 Å². The lowest BCUT2D eigenvalue weighted by Gasteiger charge is -2.08. The van der Waals surface area contributed by atoms with Crippen molar-refractivity contribution in [3.05, 3.63) is 83.2 Å². The van der Waals surface area contributed by atoms with Gasteiger partial charge in [-0.1, -0.05) is 54.2 Å². The molecule has 0 bridgehead atoms. The Balaban J connectivity index is 1.71. The fraction of sp³-hybridized carbons (Fsp3) is 0.200. The predicted molar refractivity (Wildman–Crippen MR) is 101 cm³/mol. The van der Waals surface area contributed by atoms with Gasteiger partial charge in [-0.25, -0.2) is 9.78 Å². The lowest BCUT2D eigenvalue weighted by atomic mass is 10.1. The first-order valence-electron chi connectivity index (χ1n) is 8.20. The molecule has 5 nitrogen and oxygen atoms in total. The van der Waals surface area contributed by atoms with Gasteiger partial charge in [0.1, 0.15) is 0 Å². The van der Waals surface area contributed by atoms with Crippen molar-refractivity contribution in [1.29, 1.82) is 0 Å². The van der Waals surface area contributed by atoms with Gasteiger partial charge in [-0.3, -0.25) is 0 Å². The van der Waals surface area contributed by atoms with Gasteiger partial charge in [0.15, 0.2) is 5.16 Å². The fourth-order valence-electron chi connectivity index (χ4n) is 2.54. The number of hydrogen-bond donors (Lipinski definition) is 1. The zero-order valence-corrected chi connectivity index (χ0v) is 15.3. The summed E-state index contributed by atoms with van der Waals surface area (Å²) >= 11 is 1.60. The van der Waals surface area contributed by atoms with Crippen LogP contribution in [0, 0.1) is 0 Å². The first-order chi connectivity index (χ1) is 12.7. The molecule has 0 aliphatic rings. The summed E-state index contributed by atoms with van der Waals surface area (Å²) in [6.45, 7) is 0.626. The number of ether oxygens (including phenoxy) is 1. The number of benzene rings is 2. The Kier molecular flexibility index (Phi) is 6.09. The Labute approximate surface area is 156 Å². The van der Waals surface area contributed by atoms with Gasteiger partial charge in [-0.2, -0.15) is 0 Å². The summed E-state index contributed by atoms with van der Waals surface area (Å²) in [6.07, 6.45) is 1.88. The number of rotatable bonds is 7. The van der Waals surface area contributed by atoms with E-state index in [1.807, 2.05) is 41.1 Å². The molecule has 0 fully saturated rings. The molecule has 3 rings (SSSR count). The normalized spacial score (nSPS) is 10.7. The molecular formula is C20H20N2O3S. The van der Waals surface area contributed by atoms with Gasteiger partial charge in [0.05, 0.1) is 25.0 Å². The zero-order valence-electron chi connectivity index (χ0n) is 14.5. The monoisotopic (exact) mass is 368 g/mol. The van der Waals surface area contributed by atoms with E-state index in [4.69, 9.17) is 4.74 Å². The molecule has 0 amide bonds. The van der Waals surface area contributed by atoms with Crippen LogP contribution in [-0.2, 0) is 23.6 Å². The highest BCUT2D eigenvalue weighted by atomic mass is 32.2. The molecule has 6 heteroatoms. The quantitative estimate of drug-likeness (QED) is 0.511. The van der Waals surface area contributed by atoms with Gasteiger partial charge in [-0.05, 0) is 23.3 Å². The molecule has 26 heavy (non-hydrogen) atoms. The molecule has 0 aliphatic carbocycles. The Morgan fingerprint density at radius 2 is 1.85 bits per heavy atom. The first-order valence-corrected chi connectivity index (χ1v) is 9.19. The molecule has 3 aromatic rings. The van der Waals surface area contributed by atoms with Crippen LogP contribution in [0.15, 0.2) is 66.0 Å². The highest BCUT2D eigenvalue weighted by Crippen LogP contribution is 2.24. The highest BCUT2D eigenvalue weighted by Gasteiger charge is 2.10. The summed E-state index contributed by atoms with van der Waals surface area (Å²) in [5, 5.41) is 10.3. The lowest BCUT2D eigenvalue weighted by molar-refractivity contribution is 0.0600. The SMILES string of the molecule is COC(=O)c1ccc(CSc2nc(CO)cn2Cc2ccccc2)cc1. The number of carbonyl (C=O) groups excluding carboxylic acids is 1. The van der Waals surface area contributed by atoms with E-state index >= 15 is 0 Å². The number of nitrogens with zero attached hydrogens (tertiary/aromatic N) is 2. The minimum Gasteiger partial charge on any atom is -0.465 e. The summed E-state index contributed by atoms with van der Waals surface area (Å²) in [7, 11) is 1.37. The van der Waals surface area contributed by atoms with Crippen LogP contribution in [0.2, 0.25) is 0 Å². The summed E-state index contributed by atoms with van der Waals surface area (Å²) < 4.78 is 6.76. The Morgan fingerprint density at radius 3 is 2.50 bits per heavy atom. The predicted octanol–water partition coefficient (Wildman–Crippen LogP) is 3.50. The molecule has 1 aromatic heterocycles. The van der Waals surface area contributed by atoms with Crippen LogP contribution in [0.1, 0.15) is 27.2 Å². The molecule has 1 N–H and O–H groups in total. The van der Waals surface area contributed by atoms with Crippen LogP contribution >= 0.6 is 11.8 Å². The molecule has 0 radical (unpaired) electrons. The number of aliphatic hydroxyl groups excluding tert-OH is 1. The van der Waals surface area contributed by atoms with E-state index in [1.54, 1.807) is 23.9 Å². The topological polar surface area (TPSA) is 64.3 Å². The zero-order chi connectivity index (χ0) is 18.4. The van der Waals surface area contributed by atoms with Gasteiger partial charge >= 0.3 is 5.97 Å². The standard InChI is InChI=1S/C20H20N2O3S/c1-25-19(24)17-9-7-16(8-10-17)14-26-20-21-18(13-23)12-22(20)11-15-5-3-2-4-6-15/h2-10,12,23H,11,13-14H2,1H3. The third-order valence-corrected chi connectivity index (χ3v) is 4.95. The number of imidazole rings is 1. The maximum absolute atomic E-state index is 11.5. The molecule has 0 atom stereocenters. The third-order valence-electron chi connectivity index (χ3n) is 3.89. The molecule has 1 heterocycles. The number of esters is 1. The number of hydrogen-bond acceptors (Lipinski definition) is 5. The lowest BCUT2D eigenvalue weighted by Crippen LogP contribution is -2.01. The largest absolute Gasteiger partial charge is 0.465 e. The molecule has 0 saturated carbocycles. The average Bonchev–Trinajstić information content (AvgIpc) is 3.09. The molecule has 2 aromatic carbocycles. The second-order valence-corrected chi connectivity index (χ2v) is 6.71. The molecule has 0 aliphatic heterocycles. The summed E-state index contributed by atoms with van der Waals surface area (Å²) in [4.78, 5) is 16.0. The van der Waals surface area contributed by atoms with Crippen molar-refractivity contribution in [2.24, 2.45) is 0 Å². The number of aromatic nitrogens is 2. The van der Waals surface area contributed by atoms with Gasteiger partial charge in [-0.15, -0.1) is 0 Å². The maximum atomic E-state index is 11.5. The maximum Gasteiger partial charge on any atom is 0.337 e. The van der Waals surface area contributed by atoms with E-state index in [9.17, 15) is 9.90 Å². The van der Waals surface area contributed by atoms with E-state index in [0.717, 1.165) is 16.5 Å². The number of methoxy groups -OCH3 is 1. The third kappa shape index (κ3) is 4.53. The number of thioether (sulfide) groups is 1. The van der Waals surface area contributed by atoms with Gasteiger partial charge < -0.3 is 14.4 Å². The van der Waals surface area contributed by atoms with Crippen molar-refractivity contribution in [3.8, 4) is 0 Å². The first kappa shape index (κ1) is 18.2. The van der Waals surface area contributed by atoms with Crippen LogP contribution < -0.4 is 0 Å². The second kappa shape index (κ2) is 8.69. The van der Waals surface area contributed by atoms with Crippen molar-refractivity contribution < 1.29 is 14.6 Å². The molecule has 0 saturated heterocycles. The highest BCUT2D eigenvalue weighted by molar-refractivity contribution is 7.98. The van der Waals surface area contributed by atoms with Crippen molar-refractivity contribution in [1.82, 2.24) is 9.55 Å². The summed E-state index contributed by atoms with van der Waals surface area (Å²) in [5.74, 6) is 0.383. The van der Waals surface area contributed by atoms with E-state index < -0.39 is 0 Å². The Morgan fingerprint density at radius 1 is 1.12 bits per heavy atom. The molecular weight excluding hydrogens is 348 g/mol. The number of carbonyl (C=O) groups is 1. The van der Waals surface area contributed by atoms with Crippen molar-refractivity contribution in [2.75, 3.05) is 7.11 Å². The summed E-state index contributed by atoms with van der Waals surface area (Å²) in [5.41, 5.74) is 3.46. The van der Waals surface area contributed by atoms with Crippen LogP contribution in [0.25, 0.3) is 0 Å². The minimum absolute atomic E-state index is 0.0802. The van der Waals surface area contributed by atoms with Crippen LogP contribution in [-0.4, -0.2) is 27.7 Å². The van der Waals surface area contributed by atoms with Gasteiger partial charge in [0.25, 0.3) is 0 Å². The summed E-state index contributed by atoms with van der Waals surface area (Å²) in [6, 6.07) is 17.5. The van der Waals surface area contributed by atoms with Gasteiger partial charge in [0, 0.05) is 18.5 Å². The molecule has 0 spiro atoms. The Bertz CT molecular complexity index is 861. The van der Waals surface area contributed by atoms with E-state index in [-0.39, 0.29) is 12.6 Å². The van der Waals surface area contributed by atoms with Crippen LogP contribution in [0.4, 0.5) is 0 Å². The fourth-order valence-corrected chi connectivity index (χ4v) is 3.49. The minimum atomic E-state index is -0.338. The van der Waals surface area contributed by atoms with Crippen molar-refractivity contribution in [2.45, 2.75) is 24.1 Å². The van der Waals surface area contributed by atoms with Crippen LogP contribution in [0.5, 0.6) is 0 Å². The smallest absolute Gasteiger partial charge is 0.337 e.